The van der Waals surface area contributed by atoms with Crippen LogP contribution in [0.1, 0.15) is 80.1 Å². The molecule has 0 N–H and O–H groups in total. The Bertz CT molecular complexity index is 396. The first-order valence-electron chi connectivity index (χ1n) is 10.0. The number of carbonyl (C=O) groups excluding carboxylic acids is 2. The second-order valence-corrected chi connectivity index (χ2v) is 8.87. The van der Waals surface area contributed by atoms with Crippen LogP contribution in [0.2, 0.25) is 0 Å². The predicted octanol–water partition coefficient (Wildman–Crippen LogP) is 5.00. The summed E-state index contributed by atoms with van der Waals surface area (Å²) >= 11 is 0. The van der Waals surface area contributed by atoms with Gasteiger partial charge in [-0.2, -0.15) is 0 Å². The Morgan fingerprint density at radius 3 is 1.64 bits per heavy atom. The first-order chi connectivity index (χ1) is 11.7. The lowest BCUT2D eigenvalue weighted by atomic mass is 9.70. The molecule has 146 valence electrons. The number of carbonyl (C=O) groups is 2. The van der Waals surface area contributed by atoms with Crippen molar-refractivity contribution in [3.8, 4) is 0 Å². The van der Waals surface area contributed by atoms with E-state index in [9.17, 15) is 9.59 Å². The molecule has 0 amide bonds. The van der Waals surface area contributed by atoms with Crippen molar-refractivity contribution in [1.29, 1.82) is 0 Å². The highest BCUT2D eigenvalue weighted by Crippen LogP contribution is 2.46. The van der Waals surface area contributed by atoms with Crippen LogP contribution in [0.3, 0.4) is 0 Å². The molecule has 1 aliphatic carbocycles. The summed E-state index contributed by atoms with van der Waals surface area (Å²) in [5.41, 5.74) is -1.12. The zero-order chi connectivity index (χ0) is 19.0. The Labute approximate surface area is 154 Å². The average Bonchev–Trinajstić information content (AvgIpc) is 3.05. The molecule has 0 aromatic rings. The molecule has 1 rings (SSSR count). The maximum absolute atomic E-state index is 13.1. The third-order valence-electron chi connectivity index (χ3n) is 4.99. The quantitative estimate of drug-likeness (QED) is 0.409. The maximum Gasteiger partial charge on any atom is 0.323 e. The van der Waals surface area contributed by atoms with Gasteiger partial charge in [0, 0.05) is 0 Å². The molecule has 1 saturated carbocycles. The van der Waals surface area contributed by atoms with Gasteiger partial charge in [0.1, 0.15) is 0 Å². The zero-order valence-electron chi connectivity index (χ0n) is 17.1. The maximum atomic E-state index is 13.1. The summed E-state index contributed by atoms with van der Waals surface area (Å²) in [5, 5.41) is 0. The van der Waals surface area contributed by atoms with Gasteiger partial charge in [0.15, 0.2) is 5.41 Å². The second-order valence-electron chi connectivity index (χ2n) is 8.87. The molecule has 0 unspecified atom stereocenters. The van der Waals surface area contributed by atoms with E-state index >= 15 is 0 Å². The van der Waals surface area contributed by atoms with Crippen LogP contribution >= 0.6 is 0 Å². The van der Waals surface area contributed by atoms with Crippen molar-refractivity contribution in [2.45, 2.75) is 80.1 Å². The molecule has 0 radical (unpaired) electrons. The van der Waals surface area contributed by atoms with Gasteiger partial charge in [-0.05, 0) is 49.4 Å². The Balaban J connectivity index is 3.11. The molecule has 25 heavy (non-hydrogen) atoms. The Hall–Kier alpha value is -1.06. The molecule has 1 aliphatic rings. The van der Waals surface area contributed by atoms with Crippen LogP contribution < -0.4 is 0 Å². The Kier molecular flexibility index (Phi) is 8.95. The first kappa shape index (κ1) is 22.0. The predicted molar refractivity (Wildman–Crippen MR) is 100 cm³/mol. The van der Waals surface area contributed by atoms with Gasteiger partial charge in [-0.3, -0.25) is 9.59 Å². The molecule has 0 aromatic carbocycles. The molecule has 0 heterocycles. The van der Waals surface area contributed by atoms with Crippen molar-refractivity contribution in [3.05, 3.63) is 0 Å². The summed E-state index contributed by atoms with van der Waals surface area (Å²) in [5.74, 6) is 0.260. The molecule has 4 nitrogen and oxygen atoms in total. The van der Waals surface area contributed by atoms with Gasteiger partial charge in [-0.15, -0.1) is 0 Å². The van der Waals surface area contributed by atoms with Crippen LogP contribution in [-0.2, 0) is 19.1 Å². The van der Waals surface area contributed by atoms with E-state index in [1.807, 2.05) is 27.7 Å². The Morgan fingerprint density at radius 1 is 0.840 bits per heavy atom. The lowest BCUT2D eigenvalue weighted by Gasteiger charge is -2.35. The minimum absolute atomic E-state index is 0.0468. The van der Waals surface area contributed by atoms with Crippen LogP contribution in [0.25, 0.3) is 0 Å². The smallest absolute Gasteiger partial charge is 0.323 e. The van der Waals surface area contributed by atoms with Crippen LogP contribution in [0, 0.1) is 29.1 Å². The molecular weight excluding hydrogens is 316 g/mol. The van der Waals surface area contributed by atoms with E-state index in [-0.39, 0.29) is 29.7 Å². The summed E-state index contributed by atoms with van der Waals surface area (Å²) < 4.78 is 11.2. The number of esters is 2. The molecule has 0 bridgehead atoms. The summed E-state index contributed by atoms with van der Waals surface area (Å²) in [6, 6.07) is 0. The van der Waals surface area contributed by atoms with Crippen molar-refractivity contribution in [2.75, 3.05) is 13.2 Å². The molecule has 0 aromatic heterocycles. The fourth-order valence-corrected chi connectivity index (χ4v) is 3.50. The van der Waals surface area contributed by atoms with Gasteiger partial charge in [-0.1, -0.05) is 54.4 Å². The van der Waals surface area contributed by atoms with E-state index in [1.54, 1.807) is 0 Å². The SMILES string of the molecule is CC(C)CCC(C(=O)OCC(C)C)(C(=O)OCC(C)C)C1CCCC1. The summed E-state index contributed by atoms with van der Waals surface area (Å²) in [7, 11) is 0. The molecule has 0 saturated heterocycles. The van der Waals surface area contributed by atoms with Crippen molar-refractivity contribution in [2.24, 2.45) is 29.1 Å². The van der Waals surface area contributed by atoms with E-state index < -0.39 is 5.41 Å². The van der Waals surface area contributed by atoms with Gasteiger partial charge >= 0.3 is 11.9 Å². The zero-order valence-corrected chi connectivity index (χ0v) is 17.1. The number of hydrogen-bond donors (Lipinski definition) is 0. The van der Waals surface area contributed by atoms with Crippen molar-refractivity contribution in [1.82, 2.24) is 0 Å². The monoisotopic (exact) mass is 354 g/mol. The average molecular weight is 355 g/mol. The molecule has 0 atom stereocenters. The van der Waals surface area contributed by atoms with Crippen LogP contribution in [0.4, 0.5) is 0 Å². The lowest BCUT2D eigenvalue weighted by molar-refractivity contribution is -0.180. The van der Waals surface area contributed by atoms with E-state index in [4.69, 9.17) is 9.47 Å². The van der Waals surface area contributed by atoms with Gasteiger partial charge in [0.05, 0.1) is 13.2 Å². The van der Waals surface area contributed by atoms with Crippen LogP contribution in [0.5, 0.6) is 0 Å². The molecule has 0 aliphatic heterocycles. The third-order valence-corrected chi connectivity index (χ3v) is 4.99. The van der Waals surface area contributed by atoms with E-state index in [0.29, 0.717) is 25.6 Å². The molecule has 4 heteroatoms. The van der Waals surface area contributed by atoms with Gasteiger partial charge in [0.2, 0.25) is 0 Å². The summed E-state index contributed by atoms with van der Waals surface area (Å²) in [6.07, 6.45) is 5.32. The number of hydrogen-bond acceptors (Lipinski definition) is 4. The van der Waals surface area contributed by atoms with Gasteiger partial charge < -0.3 is 9.47 Å². The fourth-order valence-electron chi connectivity index (χ4n) is 3.50. The van der Waals surface area contributed by atoms with E-state index in [0.717, 1.165) is 32.1 Å². The molecule has 0 spiro atoms. The largest absolute Gasteiger partial charge is 0.465 e. The lowest BCUT2D eigenvalue weighted by Crippen LogP contribution is -2.48. The van der Waals surface area contributed by atoms with Crippen LogP contribution in [-0.4, -0.2) is 25.2 Å². The fraction of sp³-hybridized carbons (Fsp3) is 0.905. The number of rotatable bonds is 10. The van der Waals surface area contributed by atoms with Gasteiger partial charge in [-0.25, -0.2) is 0 Å². The highest BCUT2D eigenvalue weighted by atomic mass is 16.6. The van der Waals surface area contributed by atoms with Crippen LogP contribution in [0.15, 0.2) is 0 Å². The molecular formula is C21H38O4. The third kappa shape index (κ3) is 6.31. The standard InChI is InChI=1S/C21H38O4/c1-15(2)11-12-21(18-9-7-8-10-18,19(22)24-13-16(3)4)20(23)25-14-17(5)6/h15-18H,7-14H2,1-6H3. The second kappa shape index (κ2) is 10.2. The highest BCUT2D eigenvalue weighted by Gasteiger charge is 2.54. The summed E-state index contributed by atoms with van der Waals surface area (Å²) in [4.78, 5) is 26.3. The first-order valence-corrected chi connectivity index (χ1v) is 10.0. The highest BCUT2D eigenvalue weighted by molar-refractivity contribution is 6.00. The van der Waals surface area contributed by atoms with Gasteiger partial charge in [0.25, 0.3) is 0 Å². The minimum Gasteiger partial charge on any atom is -0.465 e. The van der Waals surface area contributed by atoms with Crippen molar-refractivity contribution >= 4 is 11.9 Å². The minimum atomic E-state index is -1.12. The molecule has 1 fully saturated rings. The van der Waals surface area contributed by atoms with Crippen molar-refractivity contribution < 1.29 is 19.1 Å². The Morgan fingerprint density at radius 2 is 1.28 bits per heavy atom. The summed E-state index contributed by atoms with van der Waals surface area (Å²) in [6.45, 7) is 13.0. The van der Waals surface area contributed by atoms with E-state index in [1.165, 1.54) is 0 Å². The normalized spacial score (nSPS) is 16.0. The number of ether oxygens (including phenoxy) is 2. The van der Waals surface area contributed by atoms with E-state index in [2.05, 4.69) is 13.8 Å². The van der Waals surface area contributed by atoms with Crippen molar-refractivity contribution in [3.63, 3.8) is 0 Å². The topological polar surface area (TPSA) is 52.6 Å².